The number of rotatable bonds is 5. The first-order valence-corrected chi connectivity index (χ1v) is 7.10. The van der Waals surface area contributed by atoms with E-state index in [2.05, 4.69) is 5.10 Å². The van der Waals surface area contributed by atoms with Crippen molar-refractivity contribution in [1.29, 1.82) is 0 Å². The lowest BCUT2D eigenvalue weighted by Gasteiger charge is -2.07. The maximum Gasteiger partial charge on any atom is 0.356 e. The number of carboxylic acid groups (broad SMARTS) is 1. The second kappa shape index (κ2) is 6.26. The summed E-state index contributed by atoms with van der Waals surface area (Å²) in [5, 5.41) is 13.4. The molecule has 0 aliphatic heterocycles. The molecule has 0 aliphatic carbocycles. The van der Waals surface area contributed by atoms with Crippen LogP contribution in [0.2, 0.25) is 0 Å². The predicted molar refractivity (Wildman–Crippen MR) is 84.0 cm³/mol. The highest BCUT2D eigenvalue weighted by Gasteiger charge is 2.13. The first-order chi connectivity index (χ1) is 10.7. The lowest BCUT2D eigenvalue weighted by atomic mass is 10.1. The summed E-state index contributed by atoms with van der Waals surface area (Å²) in [7, 11) is 0. The van der Waals surface area contributed by atoms with E-state index in [1.165, 1.54) is 0 Å². The highest BCUT2D eigenvalue weighted by molar-refractivity contribution is 5.85. The van der Waals surface area contributed by atoms with Gasteiger partial charge in [-0.05, 0) is 17.2 Å². The molecular weight excluding hydrogens is 276 g/mol. The van der Waals surface area contributed by atoms with Gasteiger partial charge in [0.1, 0.15) is 0 Å². The quantitative estimate of drug-likeness (QED) is 0.785. The first kappa shape index (κ1) is 14.1. The summed E-state index contributed by atoms with van der Waals surface area (Å²) in [5.74, 6) is -0.999. The zero-order valence-electron chi connectivity index (χ0n) is 12.0. The summed E-state index contributed by atoms with van der Waals surface area (Å²) in [5.41, 5.74) is 3.21. The summed E-state index contributed by atoms with van der Waals surface area (Å²) in [4.78, 5) is 11.2. The van der Waals surface area contributed by atoms with Gasteiger partial charge in [-0.3, -0.25) is 4.68 Å². The van der Waals surface area contributed by atoms with E-state index in [0.717, 1.165) is 16.8 Å². The van der Waals surface area contributed by atoms with E-state index < -0.39 is 5.97 Å². The van der Waals surface area contributed by atoms with Crippen molar-refractivity contribution in [2.75, 3.05) is 0 Å². The van der Waals surface area contributed by atoms with Gasteiger partial charge >= 0.3 is 5.97 Å². The average molecular weight is 292 g/mol. The Morgan fingerprint density at radius 1 is 0.955 bits per heavy atom. The van der Waals surface area contributed by atoms with Crippen molar-refractivity contribution in [3.8, 4) is 0 Å². The SMILES string of the molecule is O=C(O)c1cc(Cc2ccccc2)n(Cc2ccccc2)n1. The second-order valence-electron chi connectivity index (χ2n) is 5.13. The van der Waals surface area contributed by atoms with Crippen molar-refractivity contribution >= 4 is 5.97 Å². The van der Waals surface area contributed by atoms with Crippen molar-refractivity contribution in [2.45, 2.75) is 13.0 Å². The first-order valence-electron chi connectivity index (χ1n) is 7.10. The molecule has 0 unspecified atom stereocenters. The standard InChI is InChI=1S/C18H16N2O2/c21-18(22)17-12-16(11-14-7-3-1-4-8-14)20(19-17)13-15-9-5-2-6-10-15/h1-10,12H,11,13H2,(H,21,22). The van der Waals surface area contributed by atoms with Crippen LogP contribution < -0.4 is 0 Å². The molecule has 0 saturated carbocycles. The zero-order chi connectivity index (χ0) is 15.4. The van der Waals surface area contributed by atoms with Crippen molar-refractivity contribution in [2.24, 2.45) is 0 Å². The molecule has 1 N–H and O–H groups in total. The van der Waals surface area contributed by atoms with Gasteiger partial charge in [-0.1, -0.05) is 60.7 Å². The summed E-state index contributed by atoms with van der Waals surface area (Å²) >= 11 is 0. The van der Waals surface area contributed by atoms with Crippen molar-refractivity contribution < 1.29 is 9.90 Å². The van der Waals surface area contributed by atoms with Gasteiger partial charge in [0.05, 0.1) is 6.54 Å². The van der Waals surface area contributed by atoms with Gasteiger partial charge in [-0.25, -0.2) is 4.79 Å². The van der Waals surface area contributed by atoms with Gasteiger partial charge in [0.2, 0.25) is 0 Å². The van der Waals surface area contributed by atoms with E-state index >= 15 is 0 Å². The molecule has 2 aromatic carbocycles. The minimum Gasteiger partial charge on any atom is -0.476 e. The summed E-state index contributed by atoms with van der Waals surface area (Å²) in [6.07, 6.45) is 0.661. The monoisotopic (exact) mass is 292 g/mol. The molecule has 4 heteroatoms. The third-order valence-electron chi connectivity index (χ3n) is 3.49. The third kappa shape index (κ3) is 3.23. The van der Waals surface area contributed by atoms with Crippen molar-refractivity contribution in [3.05, 3.63) is 89.2 Å². The molecule has 0 bridgehead atoms. The van der Waals surface area contributed by atoms with E-state index in [1.54, 1.807) is 10.7 Å². The summed E-state index contributed by atoms with van der Waals surface area (Å²) in [6, 6.07) is 21.5. The molecule has 3 aromatic rings. The third-order valence-corrected chi connectivity index (χ3v) is 3.49. The van der Waals surface area contributed by atoms with E-state index in [9.17, 15) is 9.90 Å². The molecule has 0 fully saturated rings. The Balaban J connectivity index is 1.92. The Morgan fingerprint density at radius 2 is 1.55 bits per heavy atom. The van der Waals surface area contributed by atoms with Crippen LogP contribution in [0.25, 0.3) is 0 Å². The highest BCUT2D eigenvalue weighted by atomic mass is 16.4. The van der Waals surface area contributed by atoms with E-state index in [-0.39, 0.29) is 5.69 Å². The molecule has 110 valence electrons. The van der Waals surface area contributed by atoms with Crippen LogP contribution in [-0.2, 0) is 13.0 Å². The Kier molecular flexibility index (Phi) is 4.01. The maximum absolute atomic E-state index is 11.2. The number of hydrogen-bond acceptors (Lipinski definition) is 2. The minimum atomic E-state index is -0.999. The molecule has 4 nitrogen and oxygen atoms in total. The second-order valence-corrected chi connectivity index (χ2v) is 5.13. The number of carbonyl (C=O) groups is 1. The Labute approximate surface area is 128 Å². The summed E-state index contributed by atoms with van der Waals surface area (Å²) < 4.78 is 1.77. The molecule has 1 heterocycles. The van der Waals surface area contributed by atoms with Crippen LogP contribution >= 0.6 is 0 Å². The predicted octanol–water partition coefficient (Wildman–Crippen LogP) is 3.22. The van der Waals surface area contributed by atoms with Crippen LogP contribution in [-0.4, -0.2) is 20.9 Å². The number of aromatic nitrogens is 2. The molecule has 0 radical (unpaired) electrons. The number of aromatic carboxylic acids is 1. The normalized spacial score (nSPS) is 10.5. The molecule has 1 aromatic heterocycles. The molecule has 3 rings (SSSR count). The number of hydrogen-bond donors (Lipinski definition) is 1. The fourth-order valence-electron chi connectivity index (χ4n) is 2.40. The van der Waals surface area contributed by atoms with Gasteiger partial charge in [0.15, 0.2) is 5.69 Å². The zero-order valence-corrected chi connectivity index (χ0v) is 12.0. The number of carboxylic acids is 1. The van der Waals surface area contributed by atoms with E-state index in [1.807, 2.05) is 60.7 Å². The maximum atomic E-state index is 11.2. The molecule has 0 spiro atoms. The van der Waals surface area contributed by atoms with Gasteiger partial charge < -0.3 is 5.11 Å². The van der Waals surface area contributed by atoms with Crippen LogP contribution in [0.3, 0.4) is 0 Å². The van der Waals surface area contributed by atoms with Gasteiger partial charge in [-0.15, -0.1) is 0 Å². The lowest BCUT2D eigenvalue weighted by Crippen LogP contribution is -2.08. The van der Waals surface area contributed by atoms with E-state index in [4.69, 9.17) is 0 Å². The number of nitrogens with zero attached hydrogens (tertiary/aromatic N) is 2. The molecule has 0 atom stereocenters. The van der Waals surface area contributed by atoms with Gasteiger partial charge in [0, 0.05) is 12.1 Å². The fraction of sp³-hybridized carbons (Fsp3) is 0.111. The molecule has 0 amide bonds. The van der Waals surface area contributed by atoms with Crippen molar-refractivity contribution in [3.63, 3.8) is 0 Å². The average Bonchev–Trinajstić information content (AvgIpc) is 2.92. The highest BCUT2D eigenvalue weighted by Crippen LogP contribution is 2.13. The molecular formula is C18H16N2O2. The Bertz CT molecular complexity index is 705. The van der Waals surface area contributed by atoms with Gasteiger partial charge in [-0.2, -0.15) is 5.10 Å². The van der Waals surface area contributed by atoms with Crippen LogP contribution in [0.4, 0.5) is 0 Å². The van der Waals surface area contributed by atoms with Crippen LogP contribution in [0.1, 0.15) is 27.3 Å². The summed E-state index contributed by atoms with van der Waals surface area (Å²) in [6.45, 7) is 0.566. The van der Waals surface area contributed by atoms with Crippen LogP contribution in [0.15, 0.2) is 66.7 Å². The van der Waals surface area contributed by atoms with Crippen LogP contribution in [0.5, 0.6) is 0 Å². The van der Waals surface area contributed by atoms with E-state index in [0.29, 0.717) is 13.0 Å². The molecule has 0 saturated heterocycles. The topological polar surface area (TPSA) is 55.1 Å². The van der Waals surface area contributed by atoms with Gasteiger partial charge in [0.25, 0.3) is 0 Å². The van der Waals surface area contributed by atoms with Crippen molar-refractivity contribution in [1.82, 2.24) is 9.78 Å². The minimum absolute atomic E-state index is 0.0851. The fourth-order valence-corrected chi connectivity index (χ4v) is 2.40. The van der Waals surface area contributed by atoms with Crippen LogP contribution in [0, 0.1) is 0 Å². The largest absolute Gasteiger partial charge is 0.476 e. The Hall–Kier alpha value is -2.88. The Morgan fingerprint density at radius 3 is 2.14 bits per heavy atom. The molecule has 22 heavy (non-hydrogen) atoms. The lowest BCUT2D eigenvalue weighted by molar-refractivity contribution is 0.0689. The smallest absolute Gasteiger partial charge is 0.356 e. The molecule has 0 aliphatic rings. The number of benzene rings is 2.